The van der Waals surface area contributed by atoms with E-state index in [9.17, 15) is 0 Å². The molecule has 0 aromatic carbocycles. The molecule has 0 aliphatic carbocycles. The van der Waals surface area contributed by atoms with Gasteiger partial charge in [-0.05, 0) is 46.8 Å². The number of piperidine rings is 1. The SMILES string of the molecule is CC1CC(NC2CCCN(C)C2)CN1C. The number of hydrogen-bond donors (Lipinski definition) is 1. The normalized spacial score (nSPS) is 39.8. The molecule has 0 saturated carbocycles. The quantitative estimate of drug-likeness (QED) is 0.727. The highest BCUT2D eigenvalue weighted by Gasteiger charge is 2.28. The highest BCUT2D eigenvalue weighted by Crippen LogP contribution is 2.17. The summed E-state index contributed by atoms with van der Waals surface area (Å²) in [5.41, 5.74) is 0. The molecule has 15 heavy (non-hydrogen) atoms. The van der Waals surface area contributed by atoms with Crippen molar-refractivity contribution in [1.29, 1.82) is 0 Å². The summed E-state index contributed by atoms with van der Waals surface area (Å²) in [4.78, 5) is 4.91. The third-order valence-electron chi connectivity index (χ3n) is 3.98. The fourth-order valence-corrected chi connectivity index (χ4v) is 2.95. The first kappa shape index (κ1) is 11.4. The zero-order valence-corrected chi connectivity index (χ0v) is 10.4. The molecule has 0 spiro atoms. The number of rotatable bonds is 2. The molecule has 88 valence electrons. The van der Waals surface area contributed by atoms with Gasteiger partial charge in [0.2, 0.25) is 0 Å². The molecule has 3 unspecified atom stereocenters. The molecule has 0 bridgehead atoms. The highest BCUT2D eigenvalue weighted by atomic mass is 15.2. The van der Waals surface area contributed by atoms with E-state index in [0.717, 1.165) is 18.1 Å². The fourth-order valence-electron chi connectivity index (χ4n) is 2.95. The zero-order chi connectivity index (χ0) is 10.8. The zero-order valence-electron chi connectivity index (χ0n) is 10.4. The van der Waals surface area contributed by atoms with E-state index in [0.29, 0.717) is 0 Å². The molecular weight excluding hydrogens is 186 g/mol. The van der Waals surface area contributed by atoms with Crippen LogP contribution in [0.3, 0.4) is 0 Å². The van der Waals surface area contributed by atoms with Crippen molar-refractivity contribution in [2.75, 3.05) is 33.7 Å². The monoisotopic (exact) mass is 211 g/mol. The molecule has 2 aliphatic rings. The van der Waals surface area contributed by atoms with Crippen LogP contribution < -0.4 is 5.32 Å². The Hall–Kier alpha value is -0.120. The van der Waals surface area contributed by atoms with Gasteiger partial charge in [-0.15, -0.1) is 0 Å². The number of nitrogens with zero attached hydrogens (tertiary/aromatic N) is 2. The predicted molar refractivity (Wildman–Crippen MR) is 64.2 cm³/mol. The number of likely N-dealkylation sites (tertiary alicyclic amines) is 2. The van der Waals surface area contributed by atoms with Gasteiger partial charge in [-0.2, -0.15) is 0 Å². The summed E-state index contributed by atoms with van der Waals surface area (Å²) < 4.78 is 0. The van der Waals surface area contributed by atoms with Gasteiger partial charge in [0.25, 0.3) is 0 Å². The minimum absolute atomic E-state index is 0.724. The van der Waals surface area contributed by atoms with Crippen LogP contribution in [0.2, 0.25) is 0 Å². The third kappa shape index (κ3) is 2.92. The average molecular weight is 211 g/mol. The summed E-state index contributed by atoms with van der Waals surface area (Å²) in [6.45, 7) is 6.06. The predicted octanol–water partition coefficient (Wildman–Crippen LogP) is 0.763. The van der Waals surface area contributed by atoms with Crippen molar-refractivity contribution in [3.05, 3.63) is 0 Å². The number of nitrogens with one attached hydrogen (secondary N) is 1. The molecule has 2 saturated heterocycles. The lowest BCUT2D eigenvalue weighted by molar-refractivity contribution is 0.216. The van der Waals surface area contributed by atoms with Gasteiger partial charge in [-0.1, -0.05) is 0 Å². The van der Waals surface area contributed by atoms with Gasteiger partial charge in [0, 0.05) is 31.2 Å². The first-order valence-corrected chi connectivity index (χ1v) is 6.30. The van der Waals surface area contributed by atoms with Crippen molar-refractivity contribution in [3.8, 4) is 0 Å². The fraction of sp³-hybridized carbons (Fsp3) is 1.00. The van der Waals surface area contributed by atoms with E-state index >= 15 is 0 Å². The largest absolute Gasteiger partial charge is 0.309 e. The minimum atomic E-state index is 0.724. The smallest absolute Gasteiger partial charge is 0.0212 e. The standard InChI is InChI=1S/C12H25N3/c1-10-7-12(9-15(10)3)13-11-5-4-6-14(2)8-11/h10-13H,4-9H2,1-3H3. The van der Waals surface area contributed by atoms with Crippen LogP contribution >= 0.6 is 0 Å². The Balaban J connectivity index is 1.77. The second-order valence-electron chi connectivity index (χ2n) is 5.49. The van der Waals surface area contributed by atoms with Crippen molar-refractivity contribution in [2.45, 2.75) is 44.3 Å². The first-order chi connectivity index (χ1) is 7.15. The Bertz CT molecular complexity index is 194. The Morgan fingerprint density at radius 2 is 1.93 bits per heavy atom. The summed E-state index contributed by atoms with van der Waals surface area (Å²) >= 11 is 0. The minimum Gasteiger partial charge on any atom is -0.309 e. The van der Waals surface area contributed by atoms with Crippen LogP contribution in [0.15, 0.2) is 0 Å². The molecule has 2 heterocycles. The molecule has 2 aliphatic heterocycles. The Kier molecular flexibility index (Phi) is 3.65. The molecule has 3 nitrogen and oxygen atoms in total. The van der Waals surface area contributed by atoms with E-state index in [2.05, 4.69) is 36.1 Å². The van der Waals surface area contributed by atoms with Gasteiger partial charge in [-0.25, -0.2) is 0 Å². The third-order valence-corrected chi connectivity index (χ3v) is 3.98. The van der Waals surface area contributed by atoms with Crippen LogP contribution in [-0.2, 0) is 0 Å². The van der Waals surface area contributed by atoms with Crippen LogP contribution in [-0.4, -0.2) is 61.7 Å². The summed E-state index contributed by atoms with van der Waals surface area (Å²) in [5, 5.41) is 3.83. The summed E-state index contributed by atoms with van der Waals surface area (Å²) in [5.74, 6) is 0. The van der Waals surface area contributed by atoms with Crippen LogP contribution in [0.25, 0.3) is 0 Å². The summed E-state index contributed by atoms with van der Waals surface area (Å²) in [6, 6.07) is 2.21. The highest BCUT2D eigenvalue weighted by molar-refractivity contribution is 4.88. The van der Waals surface area contributed by atoms with E-state index in [1.165, 1.54) is 38.9 Å². The molecular formula is C12H25N3. The molecule has 0 radical (unpaired) electrons. The van der Waals surface area contributed by atoms with E-state index in [1.54, 1.807) is 0 Å². The van der Waals surface area contributed by atoms with Gasteiger partial charge >= 0.3 is 0 Å². The maximum atomic E-state index is 3.83. The van der Waals surface area contributed by atoms with E-state index < -0.39 is 0 Å². The van der Waals surface area contributed by atoms with Crippen molar-refractivity contribution in [2.24, 2.45) is 0 Å². The molecule has 0 aromatic heterocycles. The molecule has 0 aromatic rings. The van der Waals surface area contributed by atoms with Crippen LogP contribution in [0, 0.1) is 0 Å². The second kappa shape index (κ2) is 4.81. The van der Waals surface area contributed by atoms with E-state index in [4.69, 9.17) is 0 Å². The Morgan fingerprint density at radius 1 is 1.13 bits per heavy atom. The van der Waals surface area contributed by atoms with Gasteiger partial charge in [0.15, 0.2) is 0 Å². The van der Waals surface area contributed by atoms with E-state index in [-0.39, 0.29) is 0 Å². The first-order valence-electron chi connectivity index (χ1n) is 6.30. The maximum absolute atomic E-state index is 3.83. The van der Waals surface area contributed by atoms with Crippen LogP contribution in [0.1, 0.15) is 26.2 Å². The van der Waals surface area contributed by atoms with Crippen LogP contribution in [0.5, 0.6) is 0 Å². The van der Waals surface area contributed by atoms with Gasteiger partial charge in [0.05, 0.1) is 0 Å². The van der Waals surface area contributed by atoms with Crippen molar-refractivity contribution < 1.29 is 0 Å². The van der Waals surface area contributed by atoms with Gasteiger partial charge in [-0.3, -0.25) is 0 Å². The summed E-state index contributed by atoms with van der Waals surface area (Å²) in [7, 11) is 4.47. The van der Waals surface area contributed by atoms with Crippen molar-refractivity contribution in [1.82, 2.24) is 15.1 Å². The molecule has 3 atom stereocenters. The molecule has 2 fully saturated rings. The summed E-state index contributed by atoms with van der Waals surface area (Å²) in [6.07, 6.45) is 4.03. The molecule has 3 heteroatoms. The van der Waals surface area contributed by atoms with Crippen LogP contribution in [0.4, 0.5) is 0 Å². The molecule has 2 rings (SSSR count). The maximum Gasteiger partial charge on any atom is 0.0212 e. The van der Waals surface area contributed by atoms with Gasteiger partial charge < -0.3 is 15.1 Å². The molecule has 1 N–H and O–H groups in total. The van der Waals surface area contributed by atoms with Crippen molar-refractivity contribution >= 4 is 0 Å². The van der Waals surface area contributed by atoms with Gasteiger partial charge in [0.1, 0.15) is 0 Å². The number of hydrogen-bond acceptors (Lipinski definition) is 3. The van der Waals surface area contributed by atoms with E-state index in [1.807, 2.05) is 0 Å². The Labute approximate surface area is 93.8 Å². The lowest BCUT2D eigenvalue weighted by Crippen LogP contribution is -2.48. The number of likely N-dealkylation sites (N-methyl/N-ethyl adjacent to an activating group) is 2. The molecule has 0 amide bonds. The lowest BCUT2D eigenvalue weighted by Gasteiger charge is -2.32. The average Bonchev–Trinajstić information content (AvgIpc) is 2.45. The topological polar surface area (TPSA) is 18.5 Å². The lowest BCUT2D eigenvalue weighted by atomic mass is 10.0. The second-order valence-corrected chi connectivity index (χ2v) is 5.49. The van der Waals surface area contributed by atoms with Crippen molar-refractivity contribution in [3.63, 3.8) is 0 Å². The Morgan fingerprint density at radius 3 is 2.53 bits per heavy atom.